The molecule has 0 radical (unpaired) electrons. The molecule has 0 spiro atoms. The van der Waals surface area contributed by atoms with Crippen LogP contribution in [0.2, 0.25) is 0 Å². The highest BCUT2D eigenvalue weighted by Crippen LogP contribution is 2.30. The molecule has 1 aromatic heterocycles. The lowest BCUT2D eigenvalue weighted by Gasteiger charge is -2.24. The summed E-state index contributed by atoms with van der Waals surface area (Å²) in [5, 5.41) is 31.0. The van der Waals surface area contributed by atoms with Gasteiger partial charge >= 0.3 is 0 Å². The van der Waals surface area contributed by atoms with Gasteiger partial charge in [-0.1, -0.05) is 6.07 Å². The maximum absolute atomic E-state index is 11.2. The van der Waals surface area contributed by atoms with Gasteiger partial charge in [-0.2, -0.15) is 5.10 Å². The van der Waals surface area contributed by atoms with Crippen molar-refractivity contribution in [2.75, 3.05) is 19.0 Å². The summed E-state index contributed by atoms with van der Waals surface area (Å²) in [5.74, 6) is 0. The van der Waals surface area contributed by atoms with Gasteiger partial charge in [0.15, 0.2) is 0 Å². The van der Waals surface area contributed by atoms with E-state index in [1.807, 2.05) is 16.9 Å². The molecule has 1 aliphatic rings. The summed E-state index contributed by atoms with van der Waals surface area (Å²) in [4.78, 5) is 10.8. The van der Waals surface area contributed by atoms with Crippen LogP contribution in [0.25, 0.3) is 0 Å². The van der Waals surface area contributed by atoms with Crippen LogP contribution in [0.3, 0.4) is 0 Å². The number of hydrogen-bond donors (Lipinski definition) is 3. The Kier molecular flexibility index (Phi) is 5.30. The average molecular weight is 345 g/mol. The van der Waals surface area contributed by atoms with Crippen LogP contribution >= 0.6 is 0 Å². The quantitative estimate of drug-likeness (QED) is 0.523. The van der Waals surface area contributed by atoms with Gasteiger partial charge in [0.1, 0.15) is 5.69 Å². The molecule has 0 saturated carbocycles. The van der Waals surface area contributed by atoms with Crippen molar-refractivity contribution in [1.82, 2.24) is 15.1 Å². The molecule has 134 valence electrons. The molecule has 0 bridgehead atoms. The summed E-state index contributed by atoms with van der Waals surface area (Å²) in [6.07, 6.45) is 4.90. The molecule has 25 heavy (non-hydrogen) atoms. The third-order valence-electron chi connectivity index (χ3n) is 4.66. The molecule has 1 heterocycles. The molecule has 0 amide bonds. The Balaban J connectivity index is 1.73. The fourth-order valence-electron chi connectivity index (χ4n) is 3.41. The number of aliphatic hydroxyl groups is 1. The summed E-state index contributed by atoms with van der Waals surface area (Å²) < 4.78 is 1.87. The standard InChI is InChI=1S/C17H23N5O3/c1-18-15-6-5-12(9-17(15)22(24)25)10-19-14-3-2-4-16-13(14)11-20-21(16)7-8-23/h5-6,9,11,14,18-19,23H,2-4,7-8,10H2,1H3. The summed E-state index contributed by atoms with van der Waals surface area (Å²) in [6.45, 7) is 1.15. The molecule has 3 N–H and O–H groups in total. The zero-order valence-electron chi connectivity index (χ0n) is 14.2. The van der Waals surface area contributed by atoms with E-state index in [1.165, 1.54) is 11.3 Å². The van der Waals surface area contributed by atoms with Gasteiger partial charge in [0.2, 0.25) is 0 Å². The molecule has 0 saturated heterocycles. The van der Waals surface area contributed by atoms with Crippen molar-refractivity contribution in [2.24, 2.45) is 0 Å². The topological polar surface area (TPSA) is 105 Å². The van der Waals surface area contributed by atoms with E-state index in [9.17, 15) is 10.1 Å². The van der Waals surface area contributed by atoms with E-state index in [4.69, 9.17) is 5.11 Å². The number of aliphatic hydroxyl groups excluding tert-OH is 1. The van der Waals surface area contributed by atoms with Crippen molar-refractivity contribution in [2.45, 2.75) is 38.4 Å². The zero-order chi connectivity index (χ0) is 17.8. The largest absolute Gasteiger partial charge is 0.394 e. The molecular weight excluding hydrogens is 322 g/mol. The number of aromatic nitrogens is 2. The first kappa shape index (κ1) is 17.4. The maximum atomic E-state index is 11.2. The summed E-state index contributed by atoms with van der Waals surface area (Å²) >= 11 is 0. The summed E-state index contributed by atoms with van der Waals surface area (Å²) in [6, 6.07) is 5.42. The van der Waals surface area contributed by atoms with Crippen LogP contribution in [0, 0.1) is 10.1 Å². The van der Waals surface area contributed by atoms with Crippen molar-refractivity contribution < 1.29 is 10.0 Å². The monoisotopic (exact) mass is 345 g/mol. The van der Waals surface area contributed by atoms with Crippen molar-refractivity contribution in [3.8, 4) is 0 Å². The van der Waals surface area contributed by atoms with Gasteiger partial charge in [0, 0.05) is 37.0 Å². The molecule has 1 aliphatic carbocycles. The smallest absolute Gasteiger partial charge is 0.292 e. The molecule has 1 unspecified atom stereocenters. The number of rotatable bonds is 7. The number of nitro groups is 1. The average Bonchev–Trinajstić information content (AvgIpc) is 3.03. The zero-order valence-corrected chi connectivity index (χ0v) is 14.2. The van der Waals surface area contributed by atoms with Crippen molar-refractivity contribution >= 4 is 11.4 Å². The molecule has 0 fully saturated rings. The number of hydrogen-bond acceptors (Lipinski definition) is 6. The minimum atomic E-state index is -0.368. The van der Waals surface area contributed by atoms with Gasteiger partial charge in [0.05, 0.1) is 24.3 Å². The van der Waals surface area contributed by atoms with Crippen molar-refractivity contribution in [3.05, 3.63) is 51.3 Å². The SMILES string of the molecule is CNc1ccc(CNC2CCCc3c2cnn3CCO)cc1[N+](=O)[O-]. The van der Waals surface area contributed by atoms with Crippen LogP contribution in [0.1, 0.15) is 35.7 Å². The predicted octanol–water partition coefficient (Wildman–Crippen LogP) is 1.99. The third kappa shape index (κ3) is 3.64. The van der Waals surface area contributed by atoms with E-state index < -0.39 is 0 Å². The second-order valence-electron chi connectivity index (χ2n) is 6.18. The first-order chi connectivity index (χ1) is 12.1. The van der Waals surface area contributed by atoms with Crippen molar-refractivity contribution in [3.63, 3.8) is 0 Å². The van der Waals surface area contributed by atoms with Crippen molar-refractivity contribution in [1.29, 1.82) is 0 Å². The summed E-state index contributed by atoms with van der Waals surface area (Å²) in [7, 11) is 1.67. The fraction of sp³-hybridized carbons (Fsp3) is 0.471. The fourth-order valence-corrected chi connectivity index (χ4v) is 3.41. The van der Waals surface area contributed by atoms with Gasteiger partial charge in [-0.3, -0.25) is 14.8 Å². The van der Waals surface area contributed by atoms with E-state index in [-0.39, 0.29) is 23.3 Å². The first-order valence-corrected chi connectivity index (χ1v) is 8.48. The minimum absolute atomic E-state index is 0.0771. The number of nitrogens with one attached hydrogen (secondary N) is 2. The van der Waals surface area contributed by atoms with E-state index in [0.29, 0.717) is 18.8 Å². The highest BCUT2D eigenvalue weighted by molar-refractivity contribution is 5.62. The van der Waals surface area contributed by atoms with Gasteiger partial charge in [-0.25, -0.2) is 0 Å². The maximum Gasteiger partial charge on any atom is 0.292 e. The molecule has 0 aliphatic heterocycles. The van der Waals surface area contributed by atoms with Crippen LogP contribution in [0.5, 0.6) is 0 Å². The molecule has 1 aromatic carbocycles. The molecule has 3 rings (SSSR count). The lowest BCUT2D eigenvalue weighted by atomic mass is 9.92. The Bertz CT molecular complexity index is 759. The normalized spacial score (nSPS) is 16.5. The minimum Gasteiger partial charge on any atom is -0.394 e. The highest BCUT2D eigenvalue weighted by Gasteiger charge is 2.24. The van der Waals surface area contributed by atoms with Gasteiger partial charge < -0.3 is 15.7 Å². The molecular formula is C17H23N5O3. The van der Waals surface area contributed by atoms with E-state index in [0.717, 1.165) is 24.8 Å². The first-order valence-electron chi connectivity index (χ1n) is 8.48. The molecule has 2 aromatic rings. The van der Waals surface area contributed by atoms with E-state index in [1.54, 1.807) is 19.2 Å². The number of benzene rings is 1. The number of fused-ring (bicyclic) bond motifs is 1. The third-order valence-corrected chi connectivity index (χ3v) is 4.66. The second kappa shape index (κ2) is 7.62. The van der Waals surface area contributed by atoms with Crippen LogP contribution in [-0.4, -0.2) is 33.5 Å². The lowest BCUT2D eigenvalue weighted by molar-refractivity contribution is -0.384. The predicted molar refractivity (Wildman–Crippen MR) is 94.5 cm³/mol. The lowest BCUT2D eigenvalue weighted by Crippen LogP contribution is -2.25. The Morgan fingerprint density at radius 3 is 3.04 bits per heavy atom. The highest BCUT2D eigenvalue weighted by atomic mass is 16.6. The number of anilines is 1. The van der Waals surface area contributed by atoms with Crippen LogP contribution in [0.4, 0.5) is 11.4 Å². The summed E-state index contributed by atoms with van der Waals surface area (Å²) in [5.41, 5.74) is 3.82. The molecule has 8 nitrogen and oxygen atoms in total. The van der Waals surface area contributed by atoms with Crippen LogP contribution in [-0.2, 0) is 19.5 Å². The van der Waals surface area contributed by atoms with Gasteiger partial charge in [-0.05, 0) is 30.9 Å². The van der Waals surface area contributed by atoms with E-state index >= 15 is 0 Å². The Hall–Kier alpha value is -2.45. The number of nitrogens with zero attached hydrogens (tertiary/aromatic N) is 3. The Labute approximate surface area is 146 Å². The van der Waals surface area contributed by atoms with Crippen LogP contribution < -0.4 is 10.6 Å². The van der Waals surface area contributed by atoms with Gasteiger partial charge in [-0.15, -0.1) is 0 Å². The Morgan fingerprint density at radius 1 is 1.48 bits per heavy atom. The Morgan fingerprint density at radius 2 is 2.32 bits per heavy atom. The number of nitro benzene ring substituents is 1. The molecule has 8 heteroatoms. The van der Waals surface area contributed by atoms with Crippen LogP contribution in [0.15, 0.2) is 24.4 Å². The second-order valence-corrected chi connectivity index (χ2v) is 6.18. The van der Waals surface area contributed by atoms with Gasteiger partial charge in [0.25, 0.3) is 5.69 Å². The molecule has 1 atom stereocenters. The van der Waals surface area contributed by atoms with E-state index in [2.05, 4.69) is 15.7 Å².